The first-order chi connectivity index (χ1) is 8.26. The molecule has 3 rings (SSSR count). The molecule has 17 heavy (non-hydrogen) atoms. The minimum Gasteiger partial charge on any atom is -0.459 e. The van der Waals surface area contributed by atoms with Crippen molar-refractivity contribution in [2.24, 2.45) is 11.8 Å². The summed E-state index contributed by atoms with van der Waals surface area (Å²) in [7, 11) is 0. The summed E-state index contributed by atoms with van der Waals surface area (Å²) in [6, 6.07) is 7.77. The Balaban J connectivity index is 1.92. The van der Waals surface area contributed by atoms with Crippen LogP contribution < -0.4 is 11.3 Å². The van der Waals surface area contributed by atoms with Crippen molar-refractivity contribution in [2.75, 3.05) is 0 Å². The van der Waals surface area contributed by atoms with Crippen LogP contribution in [0, 0.1) is 5.92 Å². The Morgan fingerprint density at radius 1 is 1.41 bits per heavy atom. The Morgan fingerprint density at radius 2 is 2.24 bits per heavy atom. The number of halogens is 1. The summed E-state index contributed by atoms with van der Waals surface area (Å²) >= 11 is 5.95. The monoisotopic (exact) mass is 250 g/mol. The molecule has 1 heterocycles. The first kappa shape index (κ1) is 11.1. The molecule has 3 nitrogen and oxygen atoms in total. The molecule has 0 amide bonds. The normalized spacial score (nSPS) is 17.5. The van der Waals surface area contributed by atoms with Crippen LogP contribution >= 0.6 is 11.6 Å². The predicted molar refractivity (Wildman–Crippen MR) is 68.6 cm³/mol. The maximum atomic E-state index is 5.95. The third-order valence-electron chi connectivity index (χ3n) is 3.31. The van der Waals surface area contributed by atoms with Crippen LogP contribution in [0.3, 0.4) is 0 Å². The first-order valence-electron chi connectivity index (χ1n) is 5.91. The van der Waals surface area contributed by atoms with Crippen LogP contribution in [0.15, 0.2) is 28.7 Å². The van der Waals surface area contributed by atoms with Crippen molar-refractivity contribution in [2.45, 2.75) is 25.3 Å². The summed E-state index contributed by atoms with van der Waals surface area (Å²) < 4.78 is 5.80. The average Bonchev–Trinajstić information content (AvgIpc) is 3.04. The van der Waals surface area contributed by atoms with Gasteiger partial charge in [0, 0.05) is 10.4 Å². The molecule has 0 saturated heterocycles. The number of fused-ring (bicyclic) bond motifs is 1. The second-order valence-corrected chi connectivity index (χ2v) is 5.17. The average molecular weight is 251 g/mol. The van der Waals surface area contributed by atoms with Crippen LogP contribution in [0.5, 0.6) is 0 Å². The van der Waals surface area contributed by atoms with E-state index in [1.165, 1.54) is 12.8 Å². The van der Waals surface area contributed by atoms with E-state index in [4.69, 9.17) is 21.9 Å². The van der Waals surface area contributed by atoms with Gasteiger partial charge in [0.05, 0.1) is 6.04 Å². The van der Waals surface area contributed by atoms with E-state index >= 15 is 0 Å². The van der Waals surface area contributed by atoms with E-state index < -0.39 is 0 Å². The van der Waals surface area contributed by atoms with Gasteiger partial charge in [0.15, 0.2) is 0 Å². The van der Waals surface area contributed by atoms with Crippen molar-refractivity contribution in [3.05, 3.63) is 35.0 Å². The van der Waals surface area contributed by atoms with Crippen molar-refractivity contribution in [1.29, 1.82) is 0 Å². The number of furan rings is 1. The van der Waals surface area contributed by atoms with E-state index in [2.05, 4.69) is 5.43 Å². The van der Waals surface area contributed by atoms with Gasteiger partial charge < -0.3 is 4.42 Å². The highest BCUT2D eigenvalue weighted by Gasteiger charge is 2.27. The molecule has 1 unspecified atom stereocenters. The van der Waals surface area contributed by atoms with Crippen LogP contribution in [0.4, 0.5) is 0 Å². The molecule has 4 heteroatoms. The number of rotatable bonds is 4. The lowest BCUT2D eigenvalue weighted by molar-refractivity contribution is 0.402. The molecule has 1 aliphatic rings. The molecular formula is C13H15ClN2O. The zero-order valence-electron chi connectivity index (χ0n) is 9.45. The standard InChI is InChI=1S/C13H15ClN2O/c14-10-3-4-12-9(6-10)7-13(17-12)11(16-15)5-8-1-2-8/h3-4,6-8,11,16H,1-2,5,15H2. The van der Waals surface area contributed by atoms with Gasteiger partial charge in [-0.1, -0.05) is 24.4 Å². The third kappa shape index (κ3) is 2.32. The quantitative estimate of drug-likeness (QED) is 0.646. The van der Waals surface area contributed by atoms with Crippen molar-refractivity contribution in [1.82, 2.24) is 5.43 Å². The summed E-state index contributed by atoms with van der Waals surface area (Å²) in [6.45, 7) is 0. The van der Waals surface area contributed by atoms with E-state index in [0.717, 1.165) is 34.1 Å². The topological polar surface area (TPSA) is 51.2 Å². The fraction of sp³-hybridized carbons (Fsp3) is 0.385. The first-order valence-corrected chi connectivity index (χ1v) is 6.29. The number of hydrazine groups is 1. The van der Waals surface area contributed by atoms with Crippen molar-refractivity contribution in [3.8, 4) is 0 Å². The molecule has 2 aromatic rings. The van der Waals surface area contributed by atoms with E-state index in [1.807, 2.05) is 24.3 Å². The maximum Gasteiger partial charge on any atom is 0.134 e. The third-order valence-corrected chi connectivity index (χ3v) is 3.54. The maximum absolute atomic E-state index is 5.95. The predicted octanol–water partition coefficient (Wildman–Crippen LogP) is 3.39. The minimum atomic E-state index is 0.105. The fourth-order valence-electron chi connectivity index (χ4n) is 2.16. The Morgan fingerprint density at radius 3 is 2.94 bits per heavy atom. The summed E-state index contributed by atoms with van der Waals surface area (Å²) in [5.41, 5.74) is 3.70. The molecule has 1 aromatic heterocycles. The Bertz CT molecular complexity index is 533. The summed E-state index contributed by atoms with van der Waals surface area (Å²) in [4.78, 5) is 0. The smallest absolute Gasteiger partial charge is 0.134 e. The molecule has 0 spiro atoms. The van der Waals surface area contributed by atoms with Crippen molar-refractivity contribution in [3.63, 3.8) is 0 Å². The van der Waals surface area contributed by atoms with Gasteiger partial charge in [0.1, 0.15) is 11.3 Å². The van der Waals surface area contributed by atoms with Gasteiger partial charge in [-0.3, -0.25) is 5.84 Å². The largest absolute Gasteiger partial charge is 0.459 e. The molecule has 1 atom stereocenters. The SMILES string of the molecule is NNC(CC1CC1)c1cc2cc(Cl)ccc2o1. The highest BCUT2D eigenvalue weighted by Crippen LogP contribution is 2.38. The molecule has 3 N–H and O–H groups in total. The van der Waals surface area contributed by atoms with Crippen LogP contribution in [0.2, 0.25) is 5.02 Å². The van der Waals surface area contributed by atoms with E-state index in [9.17, 15) is 0 Å². The van der Waals surface area contributed by atoms with Gasteiger partial charge in [0.25, 0.3) is 0 Å². The van der Waals surface area contributed by atoms with Gasteiger partial charge in [-0.25, -0.2) is 5.43 Å². The van der Waals surface area contributed by atoms with Crippen molar-refractivity contribution < 1.29 is 4.42 Å². The molecule has 0 radical (unpaired) electrons. The minimum absolute atomic E-state index is 0.105. The lowest BCUT2D eigenvalue weighted by Gasteiger charge is -2.11. The lowest BCUT2D eigenvalue weighted by Crippen LogP contribution is -2.28. The number of hydrogen-bond acceptors (Lipinski definition) is 3. The molecule has 1 saturated carbocycles. The fourth-order valence-corrected chi connectivity index (χ4v) is 2.34. The molecule has 1 aromatic carbocycles. The van der Waals surface area contributed by atoms with Gasteiger partial charge in [-0.05, 0) is 36.6 Å². The van der Waals surface area contributed by atoms with Gasteiger partial charge >= 0.3 is 0 Å². The molecular weight excluding hydrogens is 236 g/mol. The van der Waals surface area contributed by atoms with Crippen LogP contribution in [0.25, 0.3) is 11.0 Å². The van der Waals surface area contributed by atoms with Crippen LogP contribution in [-0.4, -0.2) is 0 Å². The van der Waals surface area contributed by atoms with Crippen LogP contribution in [-0.2, 0) is 0 Å². The van der Waals surface area contributed by atoms with Crippen molar-refractivity contribution >= 4 is 22.6 Å². The summed E-state index contributed by atoms with van der Waals surface area (Å²) in [5.74, 6) is 7.30. The highest BCUT2D eigenvalue weighted by atomic mass is 35.5. The zero-order valence-corrected chi connectivity index (χ0v) is 10.2. The number of nitrogens with two attached hydrogens (primary N) is 1. The molecule has 1 aliphatic carbocycles. The van der Waals surface area contributed by atoms with Gasteiger partial charge in [-0.2, -0.15) is 0 Å². The molecule has 1 fully saturated rings. The second-order valence-electron chi connectivity index (χ2n) is 4.73. The molecule has 0 bridgehead atoms. The van der Waals surface area contributed by atoms with Gasteiger partial charge in [-0.15, -0.1) is 0 Å². The van der Waals surface area contributed by atoms with Gasteiger partial charge in [0.2, 0.25) is 0 Å². The zero-order chi connectivity index (χ0) is 11.8. The number of nitrogens with one attached hydrogen (secondary N) is 1. The molecule has 0 aliphatic heterocycles. The summed E-state index contributed by atoms with van der Waals surface area (Å²) in [5, 5.41) is 1.76. The van der Waals surface area contributed by atoms with E-state index in [0.29, 0.717) is 0 Å². The van der Waals surface area contributed by atoms with E-state index in [1.54, 1.807) is 0 Å². The summed E-state index contributed by atoms with van der Waals surface area (Å²) in [6.07, 6.45) is 3.67. The molecule has 90 valence electrons. The Hall–Kier alpha value is -1.03. The second kappa shape index (κ2) is 4.33. The number of hydrogen-bond donors (Lipinski definition) is 2. The number of benzene rings is 1. The van der Waals surface area contributed by atoms with E-state index in [-0.39, 0.29) is 6.04 Å². The highest BCUT2D eigenvalue weighted by molar-refractivity contribution is 6.31. The Labute approximate surface area is 105 Å². The Kier molecular flexibility index (Phi) is 2.82. The lowest BCUT2D eigenvalue weighted by atomic mass is 10.1. The van der Waals surface area contributed by atoms with Crippen LogP contribution in [0.1, 0.15) is 31.1 Å².